The molecule has 21 heavy (non-hydrogen) atoms. The van der Waals surface area contributed by atoms with Gasteiger partial charge < -0.3 is 0 Å². The van der Waals surface area contributed by atoms with Gasteiger partial charge in [0.05, 0.1) is 23.0 Å². The minimum Gasteiger partial charge on any atom is -0.240 e. The van der Waals surface area contributed by atoms with E-state index in [1.54, 1.807) is 6.33 Å². The quantitative estimate of drug-likeness (QED) is 0.686. The zero-order valence-corrected chi connectivity index (χ0v) is 12.8. The number of para-hydroxylation sites is 1. The van der Waals surface area contributed by atoms with Crippen molar-refractivity contribution in [3.63, 3.8) is 0 Å². The number of hydrogen-bond donors (Lipinski definition) is 0. The number of hydrogen-bond acceptors (Lipinski definition) is 3. The van der Waals surface area contributed by atoms with Gasteiger partial charge in [-0.15, -0.1) is 11.6 Å². The van der Waals surface area contributed by atoms with Gasteiger partial charge in [0.1, 0.15) is 6.33 Å². The standard InChI is InChI=1S/C16H17ClN4/c1-3-14(17)11(2)15-13-9-20-21(16(13)19-10-18-15)12-7-5-4-6-8-12/h4-11,14H,3H2,1-2H3. The van der Waals surface area contributed by atoms with Crippen LogP contribution in [0.15, 0.2) is 42.9 Å². The van der Waals surface area contributed by atoms with Crippen molar-refractivity contribution in [2.75, 3.05) is 0 Å². The van der Waals surface area contributed by atoms with Crippen molar-refractivity contribution in [2.24, 2.45) is 0 Å². The van der Waals surface area contributed by atoms with E-state index in [2.05, 4.69) is 28.9 Å². The molecule has 0 spiro atoms. The fraction of sp³-hybridized carbons (Fsp3) is 0.312. The van der Waals surface area contributed by atoms with E-state index < -0.39 is 0 Å². The summed E-state index contributed by atoms with van der Waals surface area (Å²) in [5.74, 6) is 0.163. The number of halogens is 1. The Morgan fingerprint density at radius 1 is 1.19 bits per heavy atom. The molecule has 0 saturated heterocycles. The Morgan fingerprint density at radius 3 is 2.67 bits per heavy atom. The Kier molecular flexibility index (Phi) is 3.88. The fourth-order valence-corrected chi connectivity index (χ4v) is 2.63. The zero-order chi connectivity index (χ0) is 14.8. The van der Waals surface area contributed by atoms with Crippen LogP contribution in [0, 0.1) is 0 Å². The first-order valence-corrected chi connectivity index (χ1v) is 7.54. The minimum atomic E-state index is 0.0585. The van der Waals surface area contributed by atoms with Crippen molar-refractivity contribution < 1.29 is 0 Å². The van der Waals surface area contributed by atoms with Gasteiger partial charge in [-0.2, -0.15) is 5.10 Å². The van der Waals surface area contributed by atoms with Crippen LogP contribution in [0.5, 0.6) is 0 Å². The lowest BCUT2D eigenvalue weighted by Crippen LogP contribution is -2.11. The van der Waals surface area contributed by atoms with Crippen LogP contribution >= 0.6 is 11.6 Å². The third kappa shape index (κ3) is 2.51. The van der Waals surface area contributed by atoms with Crippen LogP contribution in [0.3, 0.4) is 0 Å². The van der Waals surface area contributed by atoms with E-state index in [0.717, 1.165) is 28.8 Å². The van der Waals surface area contributed by atoms with Crippen LogP contribution < -0.4 is 0 Å². The summed E-state index contributed by atoms with van der Waals surface area (Å²) in [6.07, 6.45) is 4.32. The van der Waals surface area contributed by atoms with Crippen LogP contribution in [0.25, 0.3) is 16.7 Å². The van der Waals surface area contributed by atoms with Crippen molar-refractivity contribution in [1.29, 1.82) is 0 Å². The molecule has 2 unspecified atom stereocenters. The predicted molar refractivity (Wildman–Crippen MR) is 85.0 cm³/mol. The first-order valence-electron chi connectivity index (χ1n) is 7.10. The Morgan fingerprint density at radius 2 is 1.95 bits per heavy atom. The van der Waals surface area contributed by atoms with Crippen LogP contribution in [-0.4, -0.2) is 25.1 Å². The number of alkyl halides is 1. The van der Waals surface area contributed by atoms with Gasteiger partial charge in [0, 0.05) is 11.3 Å². The topological polar surface area (TPSA) is 43.6 Å². The second-order valence-corrected chi connectivity index (χ2v) is 5.66. The Hall–Kier alpha value is -1.94. The second kappa shape index (κ2) is 5.82. The number of nitrogens with zero attached hydrogens (tertiary/aromatic N) is 4. The lowest BCUT2D eigenvalue weighted by molar-refractivity contribution is 0.660. The van der Waals surface area contributed by atoms with Crippen molar-refractivity contribution in [3.05, 3.63) is 48.5 Å². The normalized spacial score (nSPS) is 14.2. The molecule has 0 saturated carbocycles. The summed E-state index contributed by atoms with van der Waals surface area (Å²) in [5, 5.41) is 5.49. The van der Waals surface area contributed by atoms with Crippen LogP contribution in [0.4, 0.5) is 0 Å². The molecule has 0 aliphatic rings. The number of benzene rings is 1. The highest BCUT2D eigenvalue weighted by atomic mass is 35.5. The fourth-order valence-electron chi connectivity index (χ4n) is 2.51. The van der Waals surface area contributed by atoms with Gasteiger partial charge in [-0.1, -0.05) is 32.0 Å². The molecule has 2 aromatic heterocycles. The lowest BCUT2D eigenvalue weighted by Gasteiger charge is -2.16. The van der Waals surface area contributed by atoms with Gasteiger partial charge in [0.25, 0.3) is 0 Å². The lowest BCUT2D eigenvalue weighted by atomic mass is 9.99. The van der Waals surface area contributed by atoms with Crippen LogP contribution in [0.1, 0.15) is 31.9 Å². The molecule has 0 bridgehead atoms. The van der Waals surface area contributed by atoms with Gasteiger partial charge in [-0.3, -0.25) is 0 Å². The number of fused-ring (bicyclic) bond motifs is 1. The van der Waals surface area contributed by atoms with Gasteiger partial charge in [0.2, 0.25) is 0 Å². The maximum Gasteiger partial charge on any atom is 0.166 e. The molecule has 0 fully saturated rings. The van der Waals surface area contributed by atoms with E-state index >= 15 is 0 Å². The average Bonchev–Trinajstić information content (AvgIpc) is 2.98. The second-order valence-electron chi connectivity index (χ2n) is 5.10. The monoisotopic (exact) mass is 300 g/mol. The van der Waals surface area contributed by atoms with E-state index in [9.17, 15) is 0 Å². The molecular formula is C16H17ClN4. The largest absolute Gasteiger partial charge is 0.240 e. The number of rotatable bonds is 4. The molecular weight excluding hydrogens is 284 g/mol. The van der Waals surface area contributed by atoms with Crippen molar-refractivity contribution in [1.82, 2.24) is 19.7 Å². The van der Waals surface area contributed by atoms with Crippen molar-refractivity contribution in [2.45, 2.75) is 31.6 Å². The van der Waals surface area contributed by atoms with Gasteiger partial charge >= 0.3 is 0 Å². The first kappa shape index (κ1) is 14.0. The Labute approximate surface area is 128 Å². The Balaban J connectivity index is 2.13. The van der Waals surface area contributed by atoms with Crippen molar-refractivity contribution >= 4 is 22.6 Å². The molecule has 2 heterocycles. The van der Waals surface area contributed by atoms with Gasteiger partial charge in [-0.25, -0.2) is 14.6 Å². The molecule has 0 radical (unpaired) electrons. The highest BCUT2D eigenvalue weighted by molar-refractivity contribution is 6.21. The molecule has 2 atom stereocenters. The molecule has 3 rings (SSSR count). The van der Waals surface area contributed by atoms with Gasteiger partial charge in [-0.05, 0) is 18.6 Å². The summed E-state index contributed by atoms with van der Waals surface area (Å²) >= 11 is 6.39. The molecule has 3 aromatic rings. The molecule has 0 amide bonds. The average molecular weight is 301 g/mol. The molecule has 0 N–H and O–H groups in total. The first-order chi connectivity index (χ1) is 10.2. The van der Waals surface area contributed by atoms with E-state index in [4.69, 9.17) is 11.6 Å². The SMILES string of the molecule is CCC(Cl)C(C)c1ncnc2c1cnn2-c1ccccc1. The number of aromatic nitrogens is 4. The van der Waals surface area contributed by atoms with Crippen LogP contribution in [0.2, 0.25) is 0 Å². The van der Waals surface area contributed by atoms with E-state index in [-0.39, 0.29) is 11.3 Å². The minimum absolute atomic E-state index is 0.0585. The highest BCUT2D eigenvalue weighted by Gasteiger charge is 2.20. The molecule has 1 aromatic carbocycles. The zero-order valence-electron chi connectivity index (χ0n) is 12.1. The summed E-state index contributed by atoms with van der Waals surface area (Å²) in [5.41, 5.74) is 2.77. The summed E-state index contributed by atoms with van der Waals surface area (Å²) in [6, 6.07) is 9.97. The summed E-state index contributed by atoms with van der Waals surface area (Å²) in [7, 11) is 0. The molecule has 108 valence electrons. The Bertz CT molecular complexity index is 738. The molecule has 0 aliphatic carbocycles. The van der Waals surface area contributed by atoms with E-state index in [1.165, 1.54) is 0 Å². The highest BCUT2D eigenvalue weighted by Crippen LogP contribution is 2.29. The van der Waals surface area contributed by atoms with E-state index in [1.807, 2.05) is 41.2 Å². The predicted octanol–water partition coefficient (Wildman–Crippen LogP) is 3.94. The molecule has 0 aliphatic heterocycles. The van der Waals surface area contributed by atoms with Gasteiger partial charge in [0.15, 0.2) is 5.65 Å². The third-order valence-corrected chi connectivity index (χ3v) is 4.45. The summed E-state index contributed by atoms with van der Waals surface area (Å²) < 4.78 is 1.84. The molecule has 5 heteroatoms. The summed E-state index contributed by atoms with van der Waals surface area (Å²) in [4.78, 5) is 8.83. The maximum atomic E-state index is 6.39. The summed E-state index contributed by atoms with van der Waals surface area (Å²) in [6.45, 7) is 4.18. The van der Waals surface area contributed by atoms with Crippen LogP contribution in [-0.2, 0) is 0 Å². The van der Waals surface area contributed by atoms with Crippen molar-refractivity contribution in [3.8, 4) is 5.69 Å². The molecule has 4 nitrogen and oxygen atoms in total. The van der Waals surface area contributed by atoms with E-state index in [0.29, 0.717) is 0 Å². The third-order valence-electron chi connectivity index (χ3n) is 3.76. The maximum absolute atomic E-state index is 6.39. The smallest absolute Gasteiger partial charge is 0.166 e.